The normalized spacial score (nSPS) is 23.5. The molecular formula is C14H18BrIN2O. The number of nitrogens with zero attached hydrogens (tertiary/aromatic N) is 1. The zero-order chi connectivity index (χ0) is 14.0. The summed E-state index contributed by atoms with van der Waals surface area (Å²) in [6, 6.07) is 6.28. The molecule has 104 valence electrons. The largest absolute Gasteiger partial charge is 0.332 e. The molecule has 0 bridgehead atoms. The molecule has 1 aliphatic rings. The number of likely N-dealkylation sites (tertiary alicyclic amines) is 1. The summed E-state index contributed by atoms with van der Waals surface area (Å²) < 4.78 is 1.92. The maximum Gasteiger partial charge on any atom is 0.255 e. The Morgan fingerprint density at radius 2 is 2.26 bits per heavy atom. The lowest BCUT2D eigenvalue weighted by atomic mass is 9.95. The minimum Gasteiger partial charge on any atom is -0.332 e. The van der Waals surface area contributed by atoms with E-state index in [-0.39, 0.29) is 18.0 Å². The lowest BCUT2D eigenvalue weighted by molar-refractivity contribution is 0.0493. The fourth-order valence-electron chi connectivity index (χ4n) is 2.68. The molecule has 2 rings (SSSR count). The van der Waals surface area contributed by atoms with Crippen LogP contribution in [0.3, 0.4) is 0 Å². The highest BCUT2D eigenvalue weighted by molar-refractivity contribution is 14.1. The number of carbonyl (C=O) groups excluding carboxylic acids is 1. The molecule has 1 aromatic carbocycles. The Balaban J connectivity index is 2.33. The number of piperidine rings is 1. The molecule has 19 heavy (non-hydrogen) atoms. The smallest absolute Gasteiger partial charge is 0.255 e. The van der Waals surface area contributed by atoms with Crippen molar-refractivity contribution in [3.05, 3.63) is 31.8 Å². The van der Waals surface area contributed by atoms with Crippen molar-refractivity contribution in [1.29, 1.82) is 0 Å². The number of benzene rings is 1. The molecule has 2 unspecified atom stereocenters. The van der Waals surface area contributed by atoms with Crippen LogP contribution in [0.25, 0.3) is 0 Å². The molecule has 1 aliphatic heterocycles. The Bertz CT molecular complexity index is 481. The molecule has 0 radical (unpaired) electrons. The highest BCUT2D eigenvalue weighted by atomic mass is 127. The highest BCUT2D eigenvalue weighted by Crippen LogP contribution is 2.27. The van der Waals surface area contributed by atoms with E-state index < -0.39 is 0 Å². The van der Waals surface area contributed by atoms with Crippen LogP contribution in [-0.4, -0.2) is 29.4 Å². The lowest BCUT2D eigenvalue weighted by Crippen LogP contribution is -2.51. The summed E-state index contributed by atoms with van der Waals surface area (Å²) >= 11 is 5.71. The van der Waals surface area contributed by atoms with Gasteiger partial charge < -0.3 is 10.6 Å². The van der Waals surface area contributed by atoms with Gasteiger partial charge in [-0.1, -0.05) is 0 Å². The van der Waals surface area contributed by atoms with Crippen LogP contribution in [0.2, 0.25) is 0 Å². The summed E-state index contributed by atoms with van der Waals surface area (Å²) in [6.45, 7) is 2.65. The molecule has 2 N–H and O–H groups in total. The van der Waals surface area contributed by atoms with Crippen molar-refractivity contribution < 1.29 is 4.79 Å². The minimum atomic E-state index is 0.0908. The second kappa shape index (κ2) is 6.54. The van der Waals surface area contributed by atoms with E-state index in [0.717, 1.165) is 32.9 Å². The maximum absolute atomic E-state index is 12.8. The van der Waals surface area contributed by atoms with E-state index in [0.29, 0.717) is 6.54 Å². The molecule has 1 amide bonds. The molecule has 0 spiro atoms. The quantitative estimate of drug-likeness (QED) is 0.722. The van der Waals surface area contributed by atoms with Crippen LogP contribution in [0.5, 0.6) is 0 Å². The molecule has 1 aromatic rings. The average Bonchev–Trinajstić information content (AvgIpc) is 2.40. The number of nitrogens with two attached hydrogens (primary N) is 1. The monoisotopic (exact) mass is 436 g/mol. The molecular weight excluding hydrogens is 419 g/mol. The summed E-state index contributed by atoms with van der Waals surface area (Å²) in [4.78, 5) is 14.8. The standard InChI is InChI=1S/C14H18BrIN2O/c1-9-3-2-4-11(8-17)18(9)14(19)12-7-10(16)5-6-13(12)15/h5-7,9,11H,2-4,8,17H2,1H3. The fourth-order valence-corrected chi connectivity index (χ4v) is 3.59. The van der Waals surface area contributed by atoms with Gasteiger partial charge in [-0.15, -0.1) is 0 Å². The summed E-state index contributed by atoms with van der Waals surface area (Å²) in [5.74, 6) is 0.0908. The van der Waals surface area contributed by atoms with Crippen LogP contribution in [0, 0.1) is 3.57 Å². The van der Waals surface area contributed by atoms with E-state index in [1.165, 1.54) is 0 Å². The van der Waals surface area contributed by atoms with Crippen molar-refractivity contribution >= 4 is 44.4 Å². The molecule has 2 atom stereocenters. The van der Waals surface area contributed by atoms with Gasteiger partial charge in [-0.2, -0.15) is 0 Å². The Labute approximate surface area is 136 Å². The van der Waals surface area contributed by atoms with Gasteiger partial charge in [0.25, 0.3) is 5.91 Å². The molecule has 3 nitrogen and oxygen atoms in total. The Morgan fingerprint density at radius 3 is 2.95 bits per heavy atom. The molecule has 0 aliphatic carbocycles. The second-order valence-corrected chi connectivity index (χ2v) is 7.11. The van der Waals surface area contributed by atoms with E-state index in [1.807, 2.05) is 23.1 Å². The van der Waals surface area contributed by atoms with E-state index in [1.54, 1.807) is 0 Å². The van der Waals surface area contributed by atoms with Gasteiger partial charge in [-0.05, 0) is 82.9 Å². The van der Waals surface area contributed by atoms with Crippen LogP contribution >= 0.6 is 38.5 Å². The van der Waals surface area contributed by atoms with E-state index in [4.69, 9.17) is 5.73 Å². The van der Waals surface area contributed by atoms with E-state index >= 15 is 0 Å². The van der Waals surface area contributed by atoms with Gasteiger partial charge in [0.2, 0.25) is 0 Å². The van der Waals surface area contributed by atoms with Crippen molar-refractivity contribution in [2.75, 3.05) is 6.54 Å². The topological polar surface area (TPSA) is 46.3 Å². The van der Waals surface area contributed by atoms with Gasteiger partial charge in [0.1, 0.15) is 0 Å². The van der Waals surface area contributed by atoms with E-state index in [2.05, 4.69) is 45.4 Å². The first kappa shape index (κ1) is 15.3. The second-order valence-electron chi connectivity index (χ2n) is 5.01. The van der Waals surface area contributed by atoms with Gasteiger partial charge in [-0.3, -0.25) is 4.79 Å². The molecule has 5 heteroatoms. The van der Waals surface area contributed by atoms with Crippen molar-refractivity contribution in [2.45, 2.75) is 38.3 Å². The van der Waals surface area contributed by atoms with Crippen molar-refractivity contribution in [3.63, 3.8) is 0 Å². The predicted octanol–water partition coefficient (Wildman–Crippen LogP) is 3.40. The number of rotatable bonds is 2. The zero-order valence-corrected chi connectivity index (χ0v) is 14.6. The maximum atomic E-state index is 12.8. The Morgan fingerprint density at radius 1 is 1.53 bits per heavy atom. The first-order valence-electron chi connectivity index (χ1n) is 6.52. The van der Waals surface area contributed by atoms with Gasteiger partial charge in [-0.25, -0.2) is 0 Å². The molecule has 1 fully saturated rings. The first-order chi connectivity index (χ1) is 9.04. The fraction of sp³-hybridized carbons (Fsp3) is 0.500. The number of hydrogen-bond donors (Lipinski definition) is 1. The summed E-state index contributed by atoms with van der Waals surface area (Å²) in [5, 5.41) is 0. The van der Waals surface area contributed by atoms with Crippen LogP contribution in [0.4, 0.5) is 0 Å². The highest BCUT2D eigenvalue weighted by Gasteiger charge is 2.32. The van der Waals surface area contributed by atoms with Crippen molar-refractivity contribution in [1.82, 2.24) is 4.90 Å². The van der Waals surface area contributed by atoms with Crippen LogP contribution in [0.15, 0.2) is 22.7 Å². The number of hydrogen-bond acceptors (Lipinski definition) is 2. The third kappa shape index (κ3) is 3.31. The van der Waals surface area contributed by atoms with Gasteiger partial charge in [0, 0.05) is 26.7 Å². The molecule has 1 saturated heterocycles. The number of halogens is 2. The summed E-state index contributed by atoms with van der Waals surface area (Å²) in [7, 11) is 0. The summed E-state index contributed by atoms with van der Waals surface area (Å²) in [6.07, 6.45) is 3.22. The van der Waals surface area contributed by atoms with Crippen molar-refractivity contribution in [3.8, 4) is 0 Å². The van der Waals surface area contributed by atoms with Gasteiger partial charge in [0.15, 0.2) is 0 Å². The van der Waals surface area contributed by atoms with E-state index in [9.17, 15) is 4.79 Å². The van der Waals surface area contributed by atoms with Crippen molar-refractivity contribution in [2.24, 2.45) is 5.73 Å². The molecule has 0 saturated carbocycles. The van der Waals surface area contributed by atoms with Gasteiger partial charge in [0.05, 0.1) is 5.56 Å². The first-order valence-corrected chi connectivity index (χ1v) is 8.39. The molecule has 1 heterocycles. The molecule has 0 aromatic heterocycles. The summed E-state index contributed by atoms with van der Waals surface area (Å²) in [5.41, 5.74) is 6.57. The Hall–Kier alpha value is -0.140. The lowest BCUT2D eigenvalue weighted by Gasteiger charge is -2.40. The van der Waals surface area contributed by atoms with Gasteiger partial charge >= 0.3 is 0 Å². The Kier molecular flexibility index (Phi) is 5.25. The number of carbonyl (C=O) groups is 1. The minimum absolute atomic E-state index is 0.0908. The SMILES string of the molecule is CC1CCCC(CN)N1C(=O)c1cc(I)ccc1Br. The number of amides is 1. The predicted molar refractivity (Wildman–Crippen MR) is 89.2 cm³/mol. The average molecular weight is 437 g/mol. The van der Waals surface area contributed by atoms with Crippen LogP contribution in [0.1, 0.15) is 36.5 Å². The third-order valence-corrected chi connectivity index (χ3v) is 5.06. The zero-order valence-electron chi connectivity index (χ0n) is 10.9. The third-order valence-electron chi connectivity index (χ3n) is 3.69. The van der Waals surface area contributed by atoms with Crippen LogP contribution in [-0.2, 0) is 0 Å². The van der Waals surface area contributed by atoms with Crippen LogP contribution < -0.4 is 5.73 Å².